The third-order valence-corrected chi connectivity index (χ3v) is 7.97. The molecule has 2 fully saturated rings. The van der Waals surface area contributed by atoms with Gasteiger partial charge in [-0.05, 0) is 49.2 Å². The molecule has 190 valence electrons. The summed E-state index contributed by atoms with van der Waals surface area (Å²) in [5, 5.41) is 2.87. The van der Waals surface area contributed by atoms with E-state index < -0.39 is 0 Å². The summed E-state index contributed by atoms with van der Waals surface area (Å²) < 4.78 is 5.24. The zero-order valence-corrected chi connectivity index (χ0v) is 21.7. The van der Waals surface area contributed by atoms with Gasteiger partial charge in [0.25, 0.3) is 11.8 Å². The monoisotopic (exact) mass is 514 g/mol. The summed E-state index contributed by atoms with van der Waals surface area (Å²) in [5.41, 5.74) is 2.51. The van der Waals surface area contributed by atoms with Gasteiger partial charge >= 0.3 is 0 Å². The van der Waals surface area contributed by atoms with E-state index in [4.69, 9.17) is 9.72 Å². The first-order chi connectivity index (χ1) is 18.1. The summed E-state index contributed by atoms with van der Waals surface area (Å²) in [5.74, 6) is 6.68. The minimum Gasteiger partial charge on any atom is -0.497 e. The Labute approximate surface area is 221 Å². The van der Waals surface area contributed by atoms with Crippen molar-refractivity contribution in [2.24, 2.45) is 0 Å². The van der Waals surface area contributed by atoms with Crippen molar-refractivity contribution < 1.29 is 14.3 Å². The molecule has 0 saturated carbocycles. The lowest BCUT2D eigenvalue weighted by atomic mass is 9.97. The number of anilines is 1. The molecule has 0 bridgehead atoms. The highest BCUT2D eigenvalue weighted by atomic mass is 32.1. The van der Waals surface area contributed by atoms with Gasteiger partial charge in [-0.25, -0.2) is 4.98 Å². The fourth-order valence-electron chi connectivity index (χ4n) is 4.75. The SMILES string of the molecule is COc1ccc(N2CCN(C(=O)c3csc(C4CCN(C(=O)C#Cc5ccccc5)CC4)n3)CC2)cc1. The van der Waals surface area contributed by atoms with Gasteiger partial charge in [-0.15, -0.1) is 11.3 Å². The maximum atomic E-state index is 13.1. The number of methoxy groups -OCH3 is 1. The number of aromatic nitrogens is 1. The van der Waals surface area contributed by atoms with E-state index in [2.05, 4.69) is 28.9 Å². The fraction of sp³-hybridized carbons (Fsp3) is 0.345. The van der Waals surface area contributed by atoms with Crippen LogP contribution in [-0.2, 0) is 4.79 Å². The Bertz CT molecular complexity index is 1280. The second kappa shape index (κ2) is 11.5. The van der Waals surface area contributed by atoms with Crippen LogP contribution < -0.4 is 9.64 Å². The average molecular weight is 515 g/mol. The van der Waals surface area contributed by atoms with Crippen LogP contribution in [-0.4, -0.2) is 73.0 Å². The van der Waals surface area contributed by atoms with E-state index in [1.807, 2.05) is 57.6 Å². The van der Waals surface area contributed by atoms with Crippen LogP contribution in [0.3, 0.4) is 0 Å². The van der Waals surface area contributed by atoms with Gasteiger partial charge < -0.3 is 19.4 Å². The molecule has 3 heterocycles. The molecular formula is C29H30N4O3S. The number of likely N-dealkylation sites (tertiary alicyclic amines) is 1. The highest BCUT2D eigenvalue weighted by molar-refractivity contribution is 7.09. The zero-order valence-electron chi connectivity index (χ0n) is 20.9. The van der Waals surface area contributed by atoms with Crippen LogP contribution in [0.5, 0.6) is 5.75 Å². The molecule has 0 unspecified atom stereocenters. The van der Waals surface area contributed by atoms with Gasteiger partial charge in [0, 0.05) is 67.7 Å². The van der Waals surface area contributed by atoms with Gasteiger partial charge in [-0.3, -0.25) is 9.59 Å². The lowest BCUT2D eigenvalue weighted by Crippen LogP contribution is -2.48. The van der Waals surface area contributed by atoms with Gasteiger partial charge in [0.05, 0.1) is 12.1 Å². The highest BCUT2D eigenvalue weighted by Crippen LogP contribution is 2.31. The highest BCUT2D eigenvalue weighted by Gasteiger charge is 2.28. The number of carbonyl (C=O) groups is 2. The first kappa shape index (κ1) is 24.8. The molecule has 2 aromatic carbocycles. The molecule has 8 heteroatoms. The van der Waals surface area contributed by atoms with Crippen LogP contribution in [0, 0.1) is 11.8 Å². The number of hydrogen-bond donors (Lipinski definition) is 0. The van der Waals surface area contributed by atoms with Crippen molar-refractivity contribution in [3.63, 3.8) is 0 Å². The molecule has 2 aliphatic heterocycles. The number of hydrogen-bond acceptors (Lipinski definition) is 6. The molecule has 7 nitrogen and oxygen atoms in total. The summed E-state index contributed by atoms with van der Waals surface area (Å²) in [6.07, 6.45) is 1.67. The Morgan fingerprint density at radius 3 is 2.30 bits per heavy atom. The normalized spacial score (nSPS) is 16.2. The quantitative estimate of drug-likeness (QED) is 0.495. The number of carbonyl (C=O) groups excluding carboxylic acids is 2. The molecule has 0 radical (unpaired) electrons. The van der Waals surface area contributed by atoms with E-state index in [-0.39, 0.29) is 17.7 Å². The third-order valence-electron chi connectivity index (χ3n) is 6.96. The van der Waals surface area contributed by atoms with Crippen LogP contribution in [0.2, 0.25) is 0 Å². The summed E-state index contributed by atoms with van der Waals surface area (Å²) >= 11 is 1.55. The van der Waals surface area contributed by atoms with Crippen LogP contribution in [0.25, 0.3) is 0 Å². The van der Waals surface area contributed by atoms with E-state index in [0.717, 1.165) is 47.9 Å². The van der Waals surface area contributed by atoms with Gasteiger partial charge in [-0.2, -0.15) is 0 Å². The molecule has 0 N–H and O–H groups in total. The van der Waals surface area contributed by atoms with Gasteiger partial charge in [0.2, 0.25) is 0 Å². The van der Waals surface area contributed by atoms with Crippen molar-refractivity contribution in [1.82, 2.24) is 14.8 Å². The van der Waals surface area contributed by atoms with E-state index in [9.17, 15) is 9.59 Å². The fourth-order valence-corrected chi connectivity index (χ4v) is 5.72. The predicted octanol–water partition coefficient (Wildman–Crippen LogP) is 3.87. The number of ether oxygens (including phenoxy) is 1. The molecule has 2 aliphatic rings. The van der Waals surface area contributed by atoms with Crippen molar-refractivity contribution in [3.05, 3.63) is 76.2 Å². The van der Waals surface area contributed by atoms with Crippen molar-refractivity contribution in [3.8, 4) is 17.6 Å². The standard InChI is InChI=1S/C29H30N4O3S/c1-36-25-10-8-24(9-11-25)31-17-19-33(20-18-31)29(35)26-21-37-28(30-26)23-13-15-32(16-14-23)27(34)12-7-22-5-3-2-4-6-22/h2-6,8-11,21,23H,13-20H2,1H3. The van der Waals surface area contributed by atoms with E-state index in [1.54, 1.807) is 18.4 Å². The maximum Gasteiger partial charge on any atom is 0.298 e. The second-order valence-electron chi connectivity index (χ2n) is 9.23. The third kappa shape index (κ3) is 5.95. The second-order valence-corrected chi connectivity index (χ2v) is 10.1. The Kier molecular flexibility index (Phi) is 7.71. The number of thiazole rings is 1. The molecule has 0 aliphatic carbocycles. The molecule has 5 rings (SSSR count). The number of rotatable bonds is 4. The predicted molar refractivity (Wildman–Crippen MR) is 145 cm³/mol. The summed E-state index contributed by atoms with van der Waals surface area (Å²) in [6, 6.07) is 17.6. The Balaban J connectivity index is 1.11. The molecule has 2 amide bonds. The van der Waals surface area contributed by atoms with E-state index >= 15 is 0 Å². The van der Waals surface area contributed by atoms with Gasteiger partial charge in [-0.1, -0.05) is 24.1 Å². The molecule has 2 saturated heterocycles. The van der Waals surface area contributed by atoms with Crippen LogP contribution in [0.1, 0.15) is 39.8 Å². The van der Waals surface area contributed by atoms with Gasteiger partial charge in [0.1, 0.15) is 11.4 Å². The van der Waals surface area contributed by atoms with Crippen LogP contribution in [0.4, 0.5) is 5.69 Å². The summed E-state index contributed by atoms with van der Waals surface area (Å²) in [7, 11) is 1.66. The van der Waals surface area contributed by atoms with Crippen molar-refractivity contribution in [2.45, 2.75) is 18.8 Å². The van der Waals surface area contributed by atoms with Gasteiger partial charge in [0.15, 0.2) is 0 Å². The minimum atomic E-state index is -0.133. The van der Waals surface area contributed by atoms with Crippen LogP contribution >= 0.6 is 11.3 Å². The van der Waals surface area contributed by atoms with Crippen molar-refractivity contribution in [2.75, 3.05) is 51.3 Å². The minimum absolute atomic E-state index is 0.000631. The average Bonchev–Trinajstić information content (AvgIpc) is 3.47. The number of piperidine rings is 1. The van der Waals surface area contributed by atoms with Crippen molar-refractivity contribution >= 4 is 28.8 Å². The number of piperazine rings is 1. The lowest BCUT2D eigenvalue weighted by Gasteiger charge is -2.35. The molecule has 0 atom stereocenters. The number of benzene rings is 2. The molecule has 1 aromatic heterocycles. The van der Waals surface area contributed by atoms with E-state index in [1.165, 1.54) is 0 Å². The van der Waals surface area contributed by atoms with E-state index in [0.29, 0.717) is 31.9 Å². The maximum absolute atomic E-state index is 13.1. The zero-order chi connectivity index (χ0) is 25.6. The first-order valence-corrected chi connectivity index (χ1v) is 13.5. The van der Waals surface area contributed by atoms with Crippen LogP contribution in [0.15, 0.2) is 60.0 Å². The van der Waals surface area contributed by atoms with Crippen molar-refractivity contribution in [1.29, 1.82) is 0 Å². The largest absolute Gasteiger partial charge is 0.497 e. The smallest absolute Gasteiger partial charge is 0.298 e. The Hall–Kier alpha value is -3.83. The number of nitrogens with zero attached hydrogens (tertiary/aromatic N) is 4. The first-order valence-electron chi connectivity index (χ1n) is 12.6. The molecule has 3 aromatic rings. The Morgan fingerprint density at radius 1 is 0.919 bits per heavy atom. The number of amides is 2. The topological polar surface area (TPSA) is 66.0 Å². The lowest BCUT2D eigenvalue weighted by molar-refractivity contribution is -0.126. The molecule has 37 heavy (non-hydrogen) atoms. The Morgan fingerprint density at radius 2 is 1.62 bits per heavy atom. The molecule has 0 spiro atoms. The molecular weight excluding hydrogens is 484 g/mol. The summed E-state index contributed by atoms with van der Waals surface area (Å²) in [6.45, 7) is 4.22. The summed E-state index contributed by atoms with van der Waals surface area (Å²) in [4.78, 5) is 36.3.